The minimum atomic E-state index is -0.0212. The molecule has 0 bridgehead atoms. The lowest BCUT2D eigenvalue weighted by Crippen LogP contribution is -2.07. The molecule has 2 rings (SSSR count). The molecule has 2 fully saturated rings. The number of carbonyl (C=O) groups excluding carboxylic acids is 2. The molecule has 3 nitrogen and oxygen atoms in total. The Kier molecular flexibility index (Phi) is 2.89. The van der Waals surface area contributed by atoms with Crippen LogP contribution in [0.4, 0.5) is 0 Å². The van der Waals surface area contributed by atoms with Gasteiger partial charge in [-0.05, 0) is 12.8 Å². The molecule has 15 heavy (non-hydrogen) atoms. The Morgan fingerprint density at radius 1 is 1.20 bits per heavy atom. The lowest BCUT2D eigenvalue weighted by molar-refractivity contribution is -0.116. The van der Waals surface area contributed by atoms with Gasteiger partial charge in [0.05, 0.1) is 11.7 Å². The maximum absolute atomic E-state index is 11.5. The lowest BCUT2D eigenvalue weighted by Gasteiger charge is -2.09. The fourth-order valence-electron chi connectivity index (χ4n) is 2.26. The van der Waals surface area contributed by atoms with Crippen LogP contribution in [-0.2, 0) is 14.3 Å². The molecule has 1 saturated heterocycles. The first-order valence-electron chi connectivity index (χ1n) is 5.68. The topological polar surface area (TPSA) is 43.4 Å². The molecule has 1 heterocycles. The zero-order valence-electron chi connectivity index (χ0n) is 9.04. The smallest absolute Gasteiger partial charge is 0.170 e. The summed E-state index contributed by atoms with van der Waals surface area (Å²) in [5, 5.41) is 0. The number of ketones is 2. The van der Waals surface area contributed by atoms with Gasteiger partial charge in [-0.25, -0.2) is 0 Å². The number of allylic oxidation sites excluding steroid dienone is 2. The van der Waals surface area contributed by atoms with Crippen LogP contribution in [0.15, 0.2) is 11.3 Å². The molecule has 0 spiro atoms. The average molecular weight is 216 g/mol. The summed E-state index contributed by atoms with van der Waals surface area (Å²) in [5.41, 5.74) is 0.369. The van der Waals surface area contributed by atoms with Gasteiger partial charge in [-0.2, -0.15) is 0 Å². The Bertz CT molecular complexity index is 310. The predicted molar refractivity (Wildman–Crippen MR) is 55.3 cm³/mol. The number of carbonyl (C=O) groups is 2. The highest BCUT2D eigenvalue weighted by molar-refractivity contribution is 6.25. The average Bonchev–Trinajstić information content (AvgIpc) is 2.75. The third kappa shape index (κ3) is 1.96. The molecular formula is C12H16O3. The third-order valence-corrected chi connectivity index (χ3v) is 3.03. The summed E-state index contributed by atoms with van der Waals surface area (Å²) in [6.45, 7) is 2.11. The number of rotatable bonds is 2. The quantitative estimate of drug-likeness (QED) is 0.403. The van der Waals surface area contributed by atoms with Crippen molar-refractivity contribution >= 4 is 11.6 Å². The van der Waals surface area contributed by atoms with Crippen LogP contribution in [0.1, 0.15) is 45.4 Å². The van der Waals surface area contributed by atoms with Crippen molar-refractivity contribution in [3.8, 4) is 0 Å². The normalized spacial score (nSPS) is 26.3. The molecule has 82 valence electrons. The standard InChI is InChI=1S/C12H16O3/c1-2-3-8-4-7-11(15-8)12-9(13)5-6-10(12)14/h8H,2-7H2,1H3/t8-/m0/s1/i1+1,2+1,3+1,4+1,7+1,8+1,11+1,12+1. The van der Waals surface area contributed by atoms with Crippen molar-refractivity contribution in [2.24, 2.45) is 0 Å². The summed E-state index contributed by atoms with van der Waals surface area (Å²) in [5.74, 6) is 0.625. The molecule has 0 unspecified atom stereocenters. The molecule has 2 aliphatic rings. The van der Waals surface area contributed by atoms with E-state index >= 15 is 0 Å². The summed E-state index contributed by atoms with van der Waals surface area (Å²) in [7, 11) is 0. The first-order valence-corrected chi connectivity index (χ1v) is 5.68. The van der Waals surface area contributed by atoms with Crippen LogP contribution >= 0.6 is 0 Å². The highest BCUT2D eigenvalue weighted by Crippen LogP contribution is 2.32. The summed E-state index contributed by atoms with van der Waals surface area (Å²) >= 11 is 0. The maximum atomic E-state index is 11.5. The van der Waals surface area contributed by atoms with E-state index in [1.165, 1.54) is 0 Å². The van der Waals surface area contributed by atoms with Crippen molar-refractivity contribution in [1.82, 2.24) is 0 Å². The minimum absolute atomic E-state index is 0.0212. The van der Waals surface area contributed by atoms with Crippen LogP contribution in [-0.4, -0.2) is 17.7 Å². The highest BCUT2D eigenvalue weighted by atomic mass is 16.7. The summed E-state index contributed by atoms with van der Waals surface area (Å²) in [6.07, 6.45) is 4.77. The second kappa shape index (κ2) is 4.17. The van der Waals surface area contributed by atoms with Crippen molar-refractivity contribution in [3.05, 3.63) is 11.3 Å². The van der Waals surface area contributed by atoms with Crippen molar-refractivity contribution in [1.29, 1.82) is 0 Å². The van der Waals surface area contributed by atoms with E-state index in [0.717, 1.165) is 25.7 Å². The Morgan fingerprint density at radius 3 is 2.47 bits per heavy atom. The van der Waals surface area contributed by atoms with Gasteiger partial charge in [-0.3, -0.25) is 9.59 Å². The van der Waals surface area contributed by atoms with Gasteiger partial charge in [0.1, 0.15) is 5.76 Å². The first-order chi connectivity index (χ1) is 7.22. The van der Waals surface area contributed by atoms with Crippen LogP contribution in [0.25, 0.3) is 0 Å². The van der Waals surface area contributed by atoms with Gasteiger partial charge in [0.15, 0.2) is 11.6 Å². The zero-order valence-corrected chi connectivity index (χ0v) is 9.04. The third-order valence-electron chi connectivity index (χ3n) is 3.03. The van der Waals surface area contributed by atoms with E-state index in [1.807, 2.05) is 0 Å². The van der Waals surface area contributed by atoms with Gasteiger partial charge < -0.3 is 4.74 Å². The molecular weight excluding hydrogens is 200 g/mol. The van der Waals surface area contributed by atoms with Crippen molar-refractivity contribution in [2.45, 2.75) is 51.6 Å². The van der Waals surface area contributed by atoms with Gasteiger partial charge in [0.25, 0.3) is 0 Å². The van der Waals surface area contributed by atoms with Crippen LogP contribution in [0.5, 0.6) is 0 Å². The van der Waals surface area contributed by atoms with Gasteiger partial charge >= 0.3 is 0 Å². The van der Waals surface area contributed by atoms with Gasteiger partial charge in [0, 0.05) is 19.3 Å². The summed E-state index contributed by atoms with van der Waals surface area (Å²) in [4.78, 5) is 23.0. The SMILES string of the molecule is [13CH3][13CH2][13CH2][13C@H]1[13CH2][13CH2][13C](=[13C]2C(=O)CCC2=O)O1. The van der Waals surface area contributed by atoms with E-state index in [2.05, 4.69) is 6.92 Å². The first kappa shape index (κ1) is 10.4. The van der Waals surface area contributed by atoms with Crippen molar-refractivity contribution in [3.63, 3.8) is 0 Å². The lowest BCUT2D eigenvalue weighted by atomic mass is 10.4. The predicted octanol–water partition coefficient (Wildman–Crippen LogP) is 2.15. The van der Waals surface area contributed by atoms with Gasteiger partial charge in [-0.15, -0.1) is 0 Å². The van der Waals surface area contributed by atoms with E-state index in [0.29, 0.717) is 24.2 Å². The molecule has 0 amide bonds. The van der Waals surface area contributed by atoms with Gasteiger partial charge in [0.2, 0.25) is 0 Å². The second-order valence-electron chi connectivity index (χ2n) is 4.21. The molecule has 1 aliphatic carbocycles. The number of hydrogen-bond donors (Lipinski definition) is 0. The second-order valence-corrected chi connectivity index (χ2v) is 4.21. The van der Waals surface area contributed by atoms with Crippen LogP contribution in [0, 0.1) is 0 Å². The monoisotopic (exact) mass is 216 g/mol. The van der Waals surface area contributed by atoms with E-state index < -0.39 is 0 Å². The molecule has 1 saturated carbocycles. The largest absolute Gasteiger partial charge is 0.494 e. The molecule has 0 aromatic heterocycles. The number of Topliss-reactive ketones (excluding diaryl/α,β-unsaturated/α-hetero) is 2. The maximum Gasteiger partial charge on any atom is 0.170 e. The Balaban J connectivity index is 2.14. The molecule has 0 aromatic carbocycles. The molecule has 3 heteroatoms. The summed E-state index contributed by atoms with van der Waals surface area (Å²) < 4.78 is 5.66. The van der Waals surface area contributed by atoms with Crippen molar-refractivity contribution in [2.75, 3.05) is 0 Å². The van der Waals surface area contributed by atoms with E-state index in [4.69, 9.17) is 4.74 Å². The fourth-order valence-corrected chi connectivity index (χ4v) is 2.26. The highest BCUT2D eigenvalue weighted by Gasteiger charge is 2.33. The Hall–Kier alpha value is -1.12. The van der Waals surface area contributed by atoms with Crippen LogP contribution in [0.2, 0.25) is 0 Å². The van der Waals surface area contributed by atoms with E-state index in [-0.39, 0.29) is 17.7 Å². The number of hydrogen-bond acceptors (Lipinski definition) is 3. The van der Waals surface area contributed by atoms with Crippen LogP contribution < -0.4 is 0 Å². The molecule has 1 atom stereocenters. The molecule has 1 aliphatic heterocycles. The van der Waals surface area contributed by atoms with Gasteiger partial charge in [-0.1, -0.05) is 13.3 Å². The molecule has 0 N–H and O–H groups in total. The Morgan fingerprint density at radius 2 is 1.87 bits per heavy atom. The Labute approximate surface area is 89.5 Å². The van der Waals surface area contributed by atoms with E-state index in [9.17, 15) is 9.59 Å². The van der Waals surface area contributed by atoms with Crippen molar-refractivity contribution < 1.29 is 14.3 Å². The number of ether oxygens (including phenoxy) is 1. The molecule has 0 radical (unpaired) electrons. The minimum Gasteiger partial charge on any atom is -0.494 e. The zero-order chi connectivity index (χ0) is 10.8. The molecule has 0 aromatic rings. The fraction of sp³-hybridized carbons (Fsp3) is 0.667. The van der Waals surface area contributed by atoms with E-state index in [1.54, 1.807) is 0 Å². The summed E-state index contributed by atoms with van der Waals surface area (Å²) in [6, 6.07) is 0. The van der Waals surface area contributed by atoms with Crippen LogP contribution in [0.3, 0.4) is 0 Å².